The molecule has 0 aromatic heterocycles. The fourth-order valence-electron chi connectivity index (χ4n) is 12.5. The van der Waals surface area contributed by atoms with Gasteiger partial charge in [-0.15, -0.1) is 0 Å². The highest BCUT2D eigenvalue weighted by molar-refractivity contribution is 7.47. The Morgan fingerprint density at radius 1 is 0.280 bits per heavy atom. The van der Waals surface area contributed by atoms with Crippen LogP contribution in [0.3, 0.4) is 0 Å². The fourth-order valence-corrected chi connectivity index (χ4v) is 14.1. The van der Waals surface area contributed by atoms with Crippen molar-refractivity contribution in [1.82, 2.24) is 0 Å². The highest BCUT2D eigenvalue weighted by Crippen LogP contribution is 2.45. The molecule has 19 heteroatoms. The number of hydrogen-bond acceptors (Lipinski definition) is 15. The third kappa shape index (κ3) is 71.7. The van der Waals surface area contributed by atoms with Crippen molar-refractivity contribution in [1.29, 1.82) is 0 Å². The Kier molecular flexibility index (Phi) is 71.2. The summed E-state index contributed by atoms with van der Waals surface area (Å²) in [6, 6.07) is 0. The van der Waals surface area contributed by atoms with Gasteiger partial charge in [-0.05, 0) is 37.5 Å². The number of unbranched alkanes of at least 4 members (excludes halogenated alkanes) is 48. The lowest BCUT2D eigenvalue weighted by molar-refractivity contribution is -0.161. The smallest absolute Gasteiger partial charge is 0.462 e. The van der Waals surface area contributed by atoms with Gasteiger partial charge in [0, 0.05) is 25.7 Å². The lowest BCUT2D eigenvalue weighted by Gasteiger charge is -2.21. The van der Waals surface area contributed by atoms with Gasteiger partial charge in [0.25, 0.3) is 0 Å². The predicted octanol–water partition coefficient (Wildman–Crippen LogP) is 24.3. The fraction of sp³-hybridized carbons (Fsp3) is 0.951. The van der Waals surface area contributed by atoms with Crippen molar-refractivity contribution in [3.8, 4) is 0 Å². The first-order valence-corrected chi connectivity index (χ1v) is 45.1. The summed E-state index contributed by atoms with van der Waals surface area (Å²) >= 11 is 0. The second kappa shape index (κ2) is 72.6. The number of esters is 4. The van der Waals surface area contributed by atoms with Gasteiger partial charge in [-0.3, -0.25) is 37.3 Å². The first kappa shape index (κ1) is 98.1. The minimum atomic E-state index is -4.96. The first-order valence-electron chi connectivity index (χ1n) is 42.1. The van der Waals surface area contributed by atoms with Crippen LogP contribution in [0, 0.1) is 11.8 Å². The maximum atomic E-state index is 13.1. The van der Waals surface area contributed by atoms with E-state index in [-0.39, 0.29) is 25.7 Å². The van der Waals surface area contributed by atoms with Gasteiger partial charge in [0.2, 0.25) is 0 Å². The lowest BCUT2D eigenvalue weighted by Crippen LogP contribution is -2.30. The number of carbonyl (C=O) groups excluding carboxylic acids is 4. The van der Waals surface area contributed by atoms with E-state index in [1.165, 1.54) is 244 Å². The molecule has 0 fully saturated rings. The van der Waals surface area contributed by atoms with E-state index >= 15 is 0 Å². The zero-order valence-corrected chi connectivity index (χ0v) is 67.3. The average Bonchev–Trinajstić information content (AvgIpc) is 0.967. The molecule has 0 saturated carbocycles. The number of phosphoric ester groups is 2. The minimum absolute atomic E-state index is 0.108. The molecule has 0 aliphatic carbocycles. The molecule has 0 saturated heterocycles. The van der Waals surface area contributed by atoms with E-state index in [9.17, 15) is 43.2 Å². The molecule has 0 spiro atoms. The highest BCUT2D eigenvalue weighted by Gasteiger charge is 2.30. The topological polar surface area (TPSA) is 237 Å². The van der Waals surface area contributed by atoms with Crippen molar-refractivity contribution in [2.45, 2.75) is 445 Å². The maximum absolute atomic E-state index is 13.1. The Morgan fingerprint density at radius 3 is 0.710 bits per heavy atom. The van der Waals surface area contributed by atoms with E-state index in [0.29, 0.717) is 25.7 Å². The highest BCUT2D eigenvalue weighted by atomic mass is 31.2. The quantitative estimate of drug-likeness (QED) is 0.0222. The minimum Gasteiger partial charge on any atom is -0.462 e. The van der Waals surface area contributed by atoms with Crippen molar-refractivity contribution in [3.05, 3.63) is 0 Å². The van der Waals surface area contributed by atoms with Crippen LogP contribution in [0.1, 0.15) is 427 Å². The molecule has 3 N–H and O–H groups in total. The van der Waals surface area contributed by atoms with Crippen LogP contribution in [0.25, 0.3) is 0 Å². The van der Waals surface area contributed by atoms with E-state index in [0.717, 1.165) is 102 Å². The molecule has 0 aliphatic rings. The van der Waals surface area contributed by atoms with Crippen molar-refractivity contribution in [2.24, 2.45) is 11.8 Å². The molecule has 0 aromatic carbocycles. The van der Waals surface area contributed by atoms with Crippen LogP contribution >= 0.6 is 15.6 Å². The van der Waals surface area contributed by atoms with E-state index in [1.807, 2.05) is 0 Å². The molecule has 4 unspecified atom stereocenters. The van der Waals surface area contributed by atoms with E-state index in [4.69, 9.17) is 37.0 Å². The summed E-state index contributed by atoms with van der Waals surface area (Å²) in [5, 5.41) is 10.6. The summed E-state index contributed by atoms with van der Waals surface area (Å²) in [4.78, 5) is 73.0. The molecule has 100 heavy (non-hydrogen) atoms. The first-order chi connectivity index (χ1) is 48.4. The number of rotatable bonds is 80. The van der Waals surface area contributed by atoms with Gasteiger partial charge in [0.05, 0.1) is 26.4 Å². The second-order valence-corrected chi connectivity index (χ2v) is 32.6. The van der Waals surface area contributed by atoms with Gasteiger partial charge in [0.1, 0.15) is 19.3 Å². The van der Waals surface area contributed by atoms with Crippen molar-refractivity contribution >= 4 is 39.5 Å². The zero-order chi connectivity index (χ0) is 73.5. The van der Waals surface area contributed by atoms with Crippen LogP contribution in [0.2, 0.25) is 0 Å². The molecule has 7 atom stereocenters. The van der Waals surface area contributed by atoms with Gasteiger partial charge in [-0.1, -0.05) is 375 Å². The number of aliphatic hydroxyl groups excluding tert-OH is 1. The van der Waals surface area contributed by atoms with Gasteiger partial charge in [-0.25, -0.2) is 9.13 Å². The van der Waals surface area contributed by atoms with Crippen molar-refractivity contribution in [3.63, 3.8) is 0 Å². The largest absolute Gasteiger partial charge is 0.472 e. The van der Waals surface area contributed by atoms with Gasteiger partial charge in [-0.2, -0.15) is 0 Å². The second-order valence-electron chi connectivity index (χ2n) is 29.6. The Balaban J connectivity index is 5.24. The summed E-state index contributed by atoms with van der Waals surface area (Å²) in [7, 11) is -9.92. The van der Waals surface area contributed by atoms with Gasteiger partial charge in [0.15, 0.2) is 12.2 Å². The summed E-state index contributed by atoms with van der Waals surface area (Å²) in [6.07, 6.45) is 62.2. The molecule has 0 amide bonds. The van der Waals surface area contributed by atoms with Crippen LogP contribution in [0.5, 0.6) is 0 Å². The Bertz CT molecular complexity index is 1930. The zero-order valence-electron chi connectivity index (χ0n) is 65.5. The van der Waals surface area contributed by atoms with Gasteiger partial charge < -0.3 is 33.8 Å². The Hall–Kier alpha value is -1.94. The van der Waals surface area contributed by atoms with E-state index < -0.39 is 97.5 Å². The lowest BCUT2D eigenvalue weighted by atomic mass is 9.99. The number of carbonyl (C=O) groups is 4. The summed E-state index contributed by atoms with van der Waals surface area (Å²) in [6.45, 7) is 9.74. The molecule has 594 valence electrons. The molecule has 0 radical (unpaired) electrons. The van der Waals surface area contributed by atoms with Crippen LogP contribution in [-0.2, 0) is 65.4 Å². The normalized spacial score (nSPS) is 14.4. The molecule has 0 rings (SSSR count). The number of aliphatic hydroxyl groups is 1. The molecule has 17 nitrogen and oxygen atoms in total. The third-order valence-electron chi connectivity index (χ3n) is 19.7. The van der Waals surface area contributed by atoms with E-state index in [1.54, 1.807) is 0 Å². The van der Waals surface area contributed by atoms with Crippen LogP contribution < -0.4 is 0 Å². The van der Waals surface area contributed by atoms with Crippen molar-refractivity contribution < 1.29 is 80.2 Å². The molecular weight excluding hydrogens is 1310 g/mol. The SMILES string of the molecule is CCCCCCCCCCCCCCCCC(=O)O[C@H](COC(=O)CCCCCCCCCCCC)COP(=O)(O)OC[C@H](O)COP(=O)(O)OC[C@@H](COC(=O)CCCCCCCCCCCCCCCCC(C)CC)OC(=O)CCCCCCCCCCCCCCCCC(C)CC. The third-order valence-corrected chi connectivity index (χ3v) is 21.6. The van der Waals surface area contributed by atoms with Crippen molar-refractivity contribution in [2.75, 3.05) is 39.6 Å². The number of phosphoric acid groups is 2. The summed E-state index contributed by atoms with van der Waals surface area (Å²) in [5.41, 5.74) is 0. The average molecular weight is 1470 g/mol. The van der Waals surface area contributed by atoms with Crippen LogP contribution in [-0.4, -0.2) is 96.7 Å². The van der Waals surface area contributed by atoms with E-state index in [2.05, 4.69) is 41.5 Å². The maximum Gasteiger partial charge on any atom is 0.472 e. The molecule has 0 aromatic rings. The molecule has 0 heterocycles. The Morgan fingerprint density at radius 2 is 0.480 bits per heavy atom. The van der Waals surface area contributed by atoms with Gasteiger partial charge >= 0.3 is 39.5 Å². The molecule has 0 bridgehead atoms. The standard InChI is InChI=1S/C81H158O17P2/c1-7-11-13-15-17-19-21-22-29-35-41-47-53-59-65-80(85)97-76(69-91-78(83)63-57-51-45-39-20-18-16-14-12-8-2)71-95-99(87,88)93-67-75(82)68-94-100(89,90)96-72-77(98-81(86)66-60-54-48-42-36-31-26-24-28-33-38-44-50-56-62-74(6)10-4)70-92-79(84)64-58-52-46-40-34-30-25-23-27-32-37-43-49-55-61-73(5)9-3/h73-77,82H,7-72H2,1-6H3,(H,87,88)(H,89,90)/t73?,74?,75-,76+,77+/m0/s1. The monoisotopic (exact) mass is 1470 g/mol. The predicted molar refractivity (Wildman–Crippen MR) is 409 cm³/mol. The van der Waals surface area contributed by atoms with Crippen LogP contribution in [0.15, 0.2) is 0 Å². The Labute approximate surface area is 613 Å². The molecule has 0 aliphatic heterocycles. The summed E-state index contributed by atoms with van der Waals surface area (Å²) < 4.78 is 68.7. The summed E-state index contributed by atoms with van der Waals surface area (Å²) in [5.74, 6) is -0.411. The van der Waals surface area contributed by atoms with Crippen LogP contribution in [0.4, 0.5) is 0 Å². The number of hydrogen-bond donors (Lipinski definition) is 3. The molecular formula is C81H158O17P2. The number of ether oxygens (including phenoxy) is 4.